The van der Waals surface area contributed by atoms with Crippen LogP contribution in [-0.2, 0) is 0 Å². The molecule has 0 aliphatic rings. The monoisotopic (exact) mass is 303 g/mol. The van der Waals surface area contributed by atoms with Crippen LogP contribution in [0.1, 0.15) is 10.5 Å². The van der Waals surface area contributed by atoms with Crippen molar-refractivity contribution in [2.45, 2.75) is 0 Å². The van der Waals surface area contributed by atoms with Crippen LogP contribution in [0.5, 0.6) is 5.75 Å². The minimum Gasteiger partial charge on any atom is -0.497 e. The quantitative estimate of drug-likeness (QED) is 0.788. The van der Waals surface area contributed by atoms with E-state index < -0.39 is 11.5 Å². The molecule has 0 bridgehead atoms. The van der Waals surface area contributed by atoms with Gasteiger partial charge >= 0.3 is 5.97 Å². The maximum absolute atomic E-state index is 11.4. The lowest BCUT2D eigenvalue weighted by Crippen LogP contribution is -2.15. The smallest absolute Gasteiger partial charge is 0.354 e. The van der Waals surface area contributed by atoms with E-state index in [1.807, 2.05) is 0 Å². The van der Waals surface area contributed by atoms with Gasteiger partial charge in [-0.15, -0.1) is 0 Å². The minimum atomic E-state index is -1.23. The largest absolute Gasteiger partial charge is 0.497 e. The fourth-order valence-corrected chi connectivity index (χ4v) is 2.73. The van der Waals surface area contributed by atoms with Crippen molar-refractivity contribution < 1.29 is 14.6 Å². The summed E-state index contributed by atoms with van der Waals surface area (Å²) in [5.74, 6) is -0.519. The summed E-state index contributed by atoms with van der Waals surface area (Å²) >= 11 is 1.15. The molecule has 0 saturated carbocycles. The van der Waals surface area contributed by atoms with Gasteiger partial charge in [-0.2, -0.15) is 14.6 Å². The van der Waals surface area contributed by atoms with E-state index in [2.05, 4.69) is 10.1 Å². The summed E-state index contributed by atoms with van der Waals surface area (Å²) in [7, 11) is 1.57. The number of aromatic nitrogens is 3. The number of carboxylic acids is 1. The van der Waals surface area contributed by atoms with Crippen molar-refractivity contribution in [3.05, 3.63) is 46.4 Å². The summed E-state index contributed by atoms with van der Waals surface area (Å²) in [6, 6.07) is 8.10. The van der Waals surface area contributed by atoms with Gasteiger partial charge in [-0.3, -0.25) is 4.79 Å². The summed E-state index contributed by atoms with van der Waals surface area (Å²) < 4.78 is 6.24. The molecule has 106 valence electrons. The number of carboxylic acid groups (broad SMARTS) is 1. The zero-order valence-corrected chi connectivity index (χ0v) is 11.6. The van der Waals surface area contributed by atoms with Crippen LogP contribution in [0.4, 0.5) is 0 Å². The van der Waals surface area contributed by atoms with Crippen LogP contribution >= 0.6 is 11.3 Å². The first kappa shape index (κ1) is 13.3. The highest BCUT2D eigenvalue weighted by molar-refractivity contribution is 7.19. The first-order valence-electron chi connectivity index (χ1n) is 5.87. The molecule has 0 atom stereocenters. The maximum atomic E-state index is 11.4. The Morgan fingerprint density at radius 2 is 2.05 bits per heavy atom. The SMILES string of the molecule is COc1ccc(-c2nn3c(C(=O)O)cc(=O)nc3s2)cc1. The number of hydrogen-bond donors (Lipinski definition) is 1. The Labute approximate surface area is 122 Å². The Kier molecular flexibility index (Phi) is 3.15. The second-order valence-corrected chi connectivity index (χ2v) is 5.07. The van der Waals surface area contributed by atoms with Gasteiger partial charge in [0.25, 0.3) is 5.56 Å². The summed E-state index contributed by atoms with van der Waals surface area (Å²) in [4.78, 5) is 26.6. The third-order valence-electron chi connectivity index (χ3n) is 2.81. The fourth-order valence-electron chi connectivity index (χ4n) is 1.82. The molecule has 1 N–H and O–H groups in total. The highest BCUT2D eigenvalue weighted by Crippen LogP contribution is 2.26. The molecular weight excluding hydrogens is 294 g/mol. The zero-order chi connectivity index (χ0) is 15.0. The Hall–Kier alpha value is -2.74. The minimum absolute atomic E-state index is 0.207. The van der Waals surface area contributed by atoms with E-state index in [1.165, 1.54) is 0 Å². The third-order valence-corrected chi connectivity index (χ3v) is 3.77. The molecule has 0 unspecified atom stereocenters. The highest BCUT2D eigenvalue weighted by Gasteiger charge is 2.15. The second kappa shape index (κ2) is 4.98. The lowest BCUT2D eigenvalue weighted by Gasteiger charge is -1.99. The number of benzene rings is 1. The molecule has 7 nitrogen and oxygen atoms in total. The zero-order valence-electron chi connectivity index (χ0n) is 10.8. The van der Waals surface area contributed by atoms with Crippen LogP contribution in [0.25, 0.3) is 15.5 Å². The van der Waals surface area contributed by atoms with Crippen molar-refractivity contribution in [1.82, 2.24) is 14.6 Å². The van der Waals surface area contributed by atoms with Crippen molar-refractivity contribution >= 4 is 22.3 Å². The average molecular weight is 303 g/mol. The van der Waals surface area contributed by atoms with Gasteiger partial charge in [-0.1, -0.05) is 11.3 Å². The van der Waals surface area contributed by atoms with Crippen molar-refractivity contribution in [3.63, 3.8) is 0 Å². The van der Waals surface area contributed by atoms with Crippen molar-refractivity contribution in [3.8, 4) is 16.3 Å². The van der Waals surface area contributed by atoms with E-state index >= 15 is 0 Å². The van der Waals surface area contributed by atoms with E-state index in [0.29, 0.717) is 10.8 Å². The van der Waals surface area contributed by atoms with Crippen LogP contribution < -0.4 is 10.3 Å². The van der Waals surface area contributed by atoms with Gasteiger partial charge in [-0.05, 0) is 24.3 Å². The number of aromatic carboxylic acids is 1. The number of nitrogens with zero attached hydrogens (tertiary/aromatic N) is 3. The third kappa shape index (κ3) is 2.36. The number of ether oxygens (including phenoxy) is 1. The van der Waals surface area contributed by atoms with Gasteiger partial charge in [-0.25, -0.2) is 4.79 Å². The number of carbonyl (C=O) groups is 1. The van der Waals surface area contributed by atoms with E-state index in [4.69, 9.17) is 9.84 Å². The van der Waals surface area contributed by atoms with E-state index in [-0.39, 0.29) is 10.7 Å². The molecule has 1 aromatic carbocycles. The predicted molar refractivity (Wildman–Crippen MR) is 76.1 cm³/mol. The summed E-state index contributed by atoms with van der Waals surface area (Å²) in [5, 5.41) is 13.9. The Morgan fingerprint density at radius 3 is 2.67 bits per heavy atom. The molecule has 0 fully saturated rings. The Bertz CT molecular complexity index is 883. The molecule has 0 saturated heterocycles. The topological polar surface area (TPSA) is 93.8 Å². The second-order valence-electron chi connectivity index (χ2n) is 4.11. The molecule has 21 heavy (non-hydrogen) atoms. The molecule has 2 heterocycles. The van der Waals surface area contributed by atoms with Crippen LogP contribution in [0.2, 0.25) is 0 Å². The van der Waals surface area contributed by atoms with Crippen molar-refractivity contribution in [2.75, 3.05) is 7.11 Å². The van der Waals surface area contributed by atoms with Crippen LogP contribution in [-0.4, -0.2) is 32.8 Å². The van der Waals surface area contributed by atoms with Crippen LogP contribution in [0.15, 0.2) is 35.1 Å². The molecule has 0 spiro atoms. The molecule has 3 rings (SSSR count). The number of fused-ring (bicyclic) bond motifs is 1. The molecular formula is C13H9N3O4S. The average Bonchev–Trinajstić information content (AvgIpc) is 2.90. The molecule has 0 aliphatic heterocycles. The van der Waals surface area contributed by atoms with Gasteiger partial charge in [0.15, 0.2) is 5.69 Å². The predicted octanol–water partition coefficient (Wildman–Crippen LogP) is 1.52. The maximum Gasteiger partial charge on any atom is 0.354 e. The Balaban J connectivity index is 2.18. The molecule has 0 radical (unpaired) electrons. The van der Waals surface area contributed by atoms with E-state index in [1.54, 1.807) is 31.4 Å². The first-order valence-corrected chi connectivity index (χ1v) is 6.69. The molecule has 3 aromatic rings. The van der Waals surface area contributed by atoms with Gasteiger partial charge < -0.3 is 9.84 Å². The number of methoxy groups -OCH3 is 1. The molecule has 2 aromatic heterocycles. The van der Waals surface area contributed by atoms with Crippen molar-refractivity contribution in [2.24, 2.45) is 0 Å². The Morgan fingerprint density at radius 1 is 1.33 bits per heavy atom. The first-order chi connectivity index (χ1) is 10.1. The summed E-state index contributed by atoms with van der Waals surface area (Å²) in [6.45, 7) is 0. The van der Waals surface area contributed by atoms with E-state index in [0.717, 1.165) is 27.5 Å². The number of hydrogen-bond acceptors (Lipinski definition) is 6. The van der Waals surface area contributed by atoms with Gasteiger partial charge in [0, 0.05) is 11.6 Å². The lowest BCUT2D eigenvalue weighted by atomic mass is 10.2. The fraction of sp³-hybridized carbons (Fsp3) is 0.0769. The van der Waals surface area contributed by atoms with Gasteiger partial charge in [0.2, 0.25) is 4.96 Å². The standard InChI is InChI=1S/C13H9N3O4S/c1-20-8-4-2-7(3-5-8)11-15-16-9(12(18)19)6-10(17)14-13(16)21-11/h2-6H,1H3,(H,18,19). The molecule has 8 heteroatoms. The van der Waals surface area contributed by atoms with Gasteiger partial charge in [0.05, 0.1) is 7.11 Å². The van der Waals surface area contributed by atoms with Crippen LogP contribution in [0.3, 0.4) is 0 Å². The van der Waals surface area contributed by atoms with Crippen molar-refractivity contribution in [1.29, 1.82) is 0 Å². The molecule has 0 amide bonds. The van der Waals surface area contributed by atoms with E-state index in [9.17, 15) is 9.59 Å². The summed E-state index contributed by atoms with van der Waals surface area (Å²) in [6.07, 6.45) is 0. The molecule has 0 aliphatic carbocycles. The van der Waals surface area contributed by atoms with Crippen LogP contribution in [0, 0.1) is 0 Å². The lowest BCUT2D eigenvalue weighted by molar-refractivity contribution is 0.0687. The number of rotatable bonds is 3. The highest BCUT2D eigenvalue weighted by atomic mass is 32.1. The summed E-state index contributed by atoms with van der Waals surface area (Å²) in [5.41, 5.74) is -0.0200. The normalized spacial score (nSPS) is 10.7. The van der Waals surface area contributed by atoms with Gasteiger partial charge in [0.1, 0.15) is 10.8 Å².